The first-order valence-electron chi connectivity index (χ1n) is 7.46. The molecule has 1 fully saturated rings. The summed E-state index contributed by atoms with van der Waals surface area (Å²) in [5.41, 5.74) is 0. The van der Waals surface area contributed by atoms with Crippen LogP contribution in [0.25, 0.3) is 0 Å². The van der Waals surface area contributed by atoms with E-state index in [1.807, 2.05) is 30.3 Å². The van der Waals surface area contributed by atoms with Crippen LogP contribution in [0.5, 0.6) is 5.75 Å². The van der Waals surface area contributed by atoms with E-state index < -0.39 is 0 Å². The fourth-order valence-electron chi connectivity index (χ4n) is 2.37. The van der Waals surface area contributed by atoms with Crippen molar-refractivity contribution in [1.29, 1.82) is 0 Å². The first-order valence-corrected chi connectivity index (χ1v) is 7.46. The molecular weight excluding hydrogens is 266 g/mol. The standard InChI is InChI=1S/C15H21N5O/c1-2-5-13(6-3-1)21-12-7-14-17-15(19-18-14)20-10-4-8-16-9-11-20/h1-3,5-6,16H,4,7-12H2,(H,17,18,19). The fourth-order valence-corrected chi connectivity index (χ4v) is 2.37. The van der Waals surface area contributed by atoms with Gasteiger partial charge in [-0.1, -0.05) is 18.2 Å². The quantitative estimate of drug-likeness (QED) is 0.866. The zero-order valence-electron chi connectivity index (χ0n) is 12.1. The van der Waals surface area contributed by atoms with Gasteiger partial charge in [0, 0.05) is 26.1 Å². The van der Waals surface area contributed by atoms with Gasteiger partial charge in [-0.3, -0.25) is 5.10 Å². The van der Waals surface area contributed by atoms with Crippen LogP contribution in [-0.4, -0.2) is 48.0 Å². The van der Waals surface area contributed by atoms with Crippen molar-refractivity contribution in [2.45, 2.75) is 12.8 Å². The van der Waals surface area contributed by atoms with Crippen LogP contribution in [0, 0.1) is 0 Å². The maximum Gasteiger partial charge on any atom is 0.244 e. The highest BCUT2D eigenvalue weighted by Crippen LogP contribution is 2.11. The molecule has 0 atom stereocenters. The first-order chi connectivity index (χ1) is 10.4. The summed E-state index contributed by atoms with van der Waals surface area (Å²) in [6, 6.07) is 9.82. The largest absolute Gasteiger partial charge is 0.493 e. The molecule has 1 aromatic carbocycles. The van der Waals surface area contributed by atoms with E-state index in [0.717, 1.165) is 56.5 Å². The van der Waals surface area contributed by atoms with E-state index >= 15 is 0 Å². The highest BCUT2D eigenvalue weighted by molar-refractivity contribution is 5.29. The number of hydrogen-bond acceptors (Lipinski definition) is 5. The van der Waals surface area contributed by atoms with Crippen LogP contribution in [0.4, 0.5) is 5.95 Å². The molecule has 3 rings (SSSR count). The van der Waals surface area contributed by atoms with Crippen LogP contribution in [0.15, 0.2) is 30.3 Å². The number of nitrogens with one attached hydrogen (secondary N) is 2. The van der Waals surface area contributed by atoms with E-state index in [1.165, 1.54) is 0 Å². The predicted molar refractivity (Wildman–Crippen MR) is 81.7 cm³/mol. The number of anilines is 1. The molecule has 21 heavy (non-hydrogen) atoms. The molecular formula is C15H21N5O. The molecule has 0 aliphatic carbocycles. The van der Waals surface area contributed by atoms with Crippen LogP contribution >= 0.6 is 0 Å². The summed E-state index contributed by atoms with van der Waals surface area (Å²) in [4.78, 5) is 6.78. The van der Waals surface area contributed by atoms with Crippen molar-refractivity contribution in [1.82, 2.24) is 20.5 Å². The molecule has 1 aliphatic heterocycles. The normalized spacial score (nSPS) is 15.7. The van der Waals surface area contributed by atoms with Crippen molar-refractivity contribution in [3.63, 3.8) is 0 Å². The van der Waals surface area contributed by atoms with Crippen molar-refractivity contribution in [2.75, 3.05) is 37.7 Å². The van der Waals surface area contributed by atoms with Crippen LogP contribution in [0.3, 0.4) is 0 Å². The summed E-state index contributed by atoms with van der Waals surface area (Å²) in [5.74, 6) is 2.56. The minimum atomic E-state index is 0.597. The lowest BCUT2D eigenvalue weighted by Crippen LogP contribution is -2.28. The lowest BCUT2D eigenvalue weighted by atomic mass is 10.3. The average Bonchev–Trinajstić information content (AvgIpc) is 2.82. The second kappa shape index (κ2) is 7.08. The number of nitrogens with zero attached hydrogens (tertiary/aromatic N) is 3. The minimum absolute atomic E-state index is 0.597. The van der Waals surface area contributed by atoms with Gasteiger partial charge in [0.05, 0.1) is 6.61 Å². The Labute approximate surface area is 124 Å². The monoisotopic (exact) mass is 287 g/mol. The molecule has 1 saturated heterocycles. The topological polar surface area (TPSA) is 66.1 Å². The minimum Gasteiger partial charge on any atom is -0.493 e. The van der Waals surface area contributed by atoms with Crippen LogP contribution in [-0.2, 0) is 6.42 Å². The molecule has 2 aromatic rings. The van der Waals surface area contributed by atoms with Crippen molar-refractivity contribution >= 4 is 5.95 Å². The number of ether oxygens (including phenoxy) is 1. The van der Waals surface area contributed by atoms with E-state index in [0.29, 0.717) is 6.61 Å². The summed E-state index contributed by atoms with van der Waals surface area (Å²) in [7, 11) is 0. The third-order valence-electron chi connectivity index (χ3n) is 3.49. The van der Waals surface area contributed by atoms with Gasteiger partial charge in [-0.25, -0.2) is 0 Å². The summed E-state index contributed by atoms with van der Waals surface area (Å²) in [6.45, 7) is 4.61. The summed E-state index contributed by atoms with van der Waals surface area (Å²) < 4.78 is 5.67. The molecule has 0 bridgehead atoms. The van der Waals surface area contributed by atoms with Gasteiger partial charge in [0.1, 0.15) is 11.6 Å². The van der Waals surface area contributed by atoms with E-state index in [9.17, 15) is 0 Å². The van der Waals surface area contributed by atoms with Crippen molar-refractivity contribution in [3.8, 4) is 5.75 Å². The molecule has 6 heteroatoms. The van der Waals surface area contributed by atoms with Crippen molar-refractivity contribution in [2.24, 2.45) is 0 Å². The highest BCUT2D eigenvalue weighted by Gasteiger charge is 2.13. The van der Waals surface area contributed by atoms with Crippen molar-refractivity contribution < 1.29 is 4.74 Å². The molecule has 0 spiro atoms. The SMILES string of the molecule is c1ccc(OCCc2nc(N3CCCNCC3)n[nH]2)cc1. The average molecular weight is 287 g/mol. The lowest BCUT2D eigenvalue weighted by Gasteiger charge is -2.16. The Bertz CT molecular complexity index is 534. The molecule has 1 aliphatic rings. The van der Waals surface area contributed by atoms with Gasteiger partial charge >= 0.3 is 0 Å². The maximum atomic E-state index is 5.67. The zero-order valence-corrected chi connectivity index (χ0v) is 12.1. The Balaban J connectivity index is 1.50. The number of aromatic amines is 1. The molecule has 112 valence electrons. The van der Waals surface area contributed by atoms with Gasteiger partial charge < -0.3 is 15.0 Å². The maximum absolute atomic E-state index is 5.67. The van der Waals surface area contributed by atoms with Gasteiger partial charge in [0.2, 0.25) is 5.95 Å². The zero-order chi connectivity index (χ0) is 14.3. The third kappa shape index (κ3) is 3.95. The van der Waals surface area contributed by atoms with Gasteiger partial charge in [-0.15, -0.1) is 5.10 Å². The van der Waals surface area contributed by atoms with Crippen LogP contribution in [0.2, 0.25) is 0 Å². The van der Waals surface area contributed by atoms with Gasteiger partial charge in [-0.05, 0) is 25.1 Å². The molecule has 0 radical (unpaired) electrons. The van der Waals surface area contributed by atoms with Crippen LogP contribution < -0.4 is 15.0 Å². The molecule has 6 nitrogen and oxygen atoms in total. The van der Waals surface area contributed by atoms with E-state index in [4.69, 9.17) is 4.74 Å². The number of H-pyrrole nitrogens is 1. The van der Waals surface area contributed by atoms with Gasteiger partial charge in [-0.2, -0.15) is 4.98 Å². The number of aromatic nitrogens is 3. The first kappa shape index (κ1) is 13.9. The summed E-state index contributed by atoms with van der Waals surface area (Å²) in [6.07, 6.45) is 1.86. The Morgan fingerprint density at radius 2 is 2.05 bits per heavy atom. The molecule has 0 amide bonds. The van der Waals surface area contributed by atoms with E-state index in [1.54, 1.807) is 0 Å². The van der Waals surface area contributed by atoms with Gasteiger partial charge in [0.15, 0.2) is 0 Å². The molecule has 2 heterocycles. The van der Waals surface area contributed by atoms with Crippen LogP contribution in [0.1, 0.15) is 12.2 Å². The molecule has 0 unspecified atom stereocenters. The number of benzene rings is 1. The predicted octanol–water partition coefficient (Wildman–Crippen LogP) is 1.23. The fraction of sp³-hybridized carbons (Fsp3) is 0.467. The van der Waals surface area contributed by atoms with E-state index in [-0.39, 0.29) is 0 Å². The second-order valence-corrected chi connectivity index (χ2v) is 5.08. The highest BCUT2D eigenvalue weighted by atomic mass is 16.5. The lowest BCUT2D eigenvalue weighted by molar-refractivity contribution is 0.319. The smallest absolute Gasteiger partial charge is 0.244 e. The van der Waals surface area contributed by atoms with Crippen molar-refractivity contribution in [3.05, 3.63) is 36.2 Å². The third-order valence-corrected chi connectivity index (χ3v) is 3.49. The molecule has 2 N–H and O–H groups in total. The Morgan fingerprint density at radius 3 is 2.95 bits per heavy atom. The Kier molecular flexibility index (Phi) is 4.68. The van der Waals surface area contributed by atoms with E-state index in [2.05, 4.69) is 25.4 Å². The Morgan fingerprint density at radius 1 is 1.14 bits per heavy atom. The molecule has 0 saturated carbocycles. The summed E-state index contributed by atoms with van der Waals surface area (Å²) in [5, 5.41) is 10.7. The molecule has 1 aromatic heterocycles. The number of rotatable bonds is 5. The summed E-state index contributed by atoms with van der Waals surface area (Å²) >= 11 is 0. The number of para-hydroxylation sites is 1. The second-order valence-electron chi connectivity index (χ2n) is 5.08. The number of hydrogen-bond donors (Lipinski definition) is 2. The Hall–Kier alpha value is -2.08. The van der Waals surface area contributed by atoms with Gasteiger partial charge in [0.25, 0.3) is 0 Å².